The lowest BCUT2D eigenvalue weighted by atomic mass is 10.1. The topological polar surface area (TPSA) is 138 Å². The van der Waals surface area contributed by atoms with Gasteiger partial charge in [-0.15, -0.1) is 0 Å². The van der Waals surface area contributed by atoms with E-state index in [9.17, 15) is 18.0 Å². The van der Waals surface area contributed by atoms with Gasteiger partial charge in [0.1, 0.15) is 4.90 Å². The number of benzene rings is 1. The lowest BCUT2D eigenvalue weighted by Crippen LogP contribution is -2.19. The van der Waals surface area contributed by atoms with Crippen molar-refractivity contribution in [2.45, 2.75) is 18.1 Å². The summed E-state index contributed by atoms with van der Waals surface area (Å²) in [7, 11) is -4.95. The summed E-state index contributed by atoms with van der Waals surface area (Å²) < 4.78 is 35.8. The number of esters is 1. The monoisotopic (exact) mass is 290 g/mol. The van der Waals surface area contributed by atoms with Gasteiger partial charge in [-0.3, -0.25) is 4.55 Å². The molecule has 0 aliphatic rings. The van der Waals surface area contributed by atoms with E-state index in [0.717, 1.165) is 25.1 Å². The summed E-state index contributed by atoms with van der Waals surface area (Å²) in [6.07, 6.45) is -1.52. The van der Waals surface area contributed by atoms with Crippen LogP contribution >= 0.6 is 0 Å². The molecule has 0 aliphatic heterocycles. The fourth-order valence-corrected chi connectivity index (χ4v) is 2.23. The molecule has 1 atom stereocenters. The Kier molecular flexibility index (Phi) is 4.24. The van der Waals surface area contributed by atoms with Gasteiger partial charge in [0.05, 0.1) is 11.1 Å². The lowest BCUT2D eigenvalue weighted by Gasteiger charge is -2.11. The highest BCUT2D eigenvalue weighted by Gasteiger charge is 2.28. The Balaban J connectivity index is 3.53. The summed E-state index contributed by atoms with van der Waals surface area (Å²) in [5, 5.41) is 17.7. The van der Waals surface area contributed by atoms with Gasteiger partial charge in [0, 0.05) is 0 Å². The fourth-order valence-electron chi connectivity index (χ4n) is 1.36. The SMILES string of the molecule is CC(O)OC(=O)c1cccc(C(=O)O)c1S(=O)(=O)O. The van der Waals surface area contributed by atoms with Crippen molar-refractivity contribution in [1.29, 1.82) is 0 Å². The maximum Gasteiger partial charge on any atom is 0.341 e. The first-order valence-electron chi connectivity index (χ1n) is 4.87. The minimum absolute atomic E-state index is 0.678. The van der Waals surface area contributed by atoms with Crippen LogP contribution in [0.4, 0.5) is 0 Å². The summed E-state index contributed by atoms with van der Waals surface area (Å²) >= 11 is 0. The van der Waals surface area contributed by atoms with Gasteiger partial charge in [-0.25, -0.2) is 9.59 Å². The molecule has 1 rings (SSSR count). The molecule has 19 heavy (non-hydrogen) atoms. The Labute approximate surface area is 108 Å². The zero-order valence-corrected chi connectivity index (χ0v) is 10.4. The number of carboxylic acids is 1. The average molecular weight is 290 g/mol. The molecule has 0 fully saturated rings. The number of hydrogen-bond acceptors (Lipinski definition) is 6. The van der Waals surface area contributed by atoms with Gasteiger partial charge >= 0.3 is 11.9 Å². The highest BCUT2D eigenvalue weighted by Crippen LogP contribution is 2.22. The lowest BCUT2D eigenvalue weighted by molar-refractivity contribution is -0.0526. The number of aromatic carboxylic acids is 1. The second kappa shape index (κ2) is 5.34. The van der Waals surface area contributed by atoms with Gasteiger partial charge in [-0.05, 0) is 19.1 Å². The van der Waals surface area contributed by atoms with E-state index in [1.165, 1.54) is 0 Å². The standard InChI is InChI=1S/C10H10O8S/c1-5(11)18-10(14)7-4-2-3-6(9(12)13)8(7)19(15,16)17/h2-5,11H,1H3,(H,12,13)(H,15,16,17). The molecule has 8 nitrogen and oxygen atoms in total. The predicted molar refractivity (Wildman–Crippen MR) is 60.3 cm³/mol. The van der Waals surface area contributed by atoms with Crippen molar-refractivity contribution in [1.82, 2.24) is 0 Å². The molecule has 0 radical (unpaired) electrons. The molecule has 0 heterocycles. The summed E-state index contributed by atoms with van der Waals surface area (Å²) in [5.41, 5.74) is -1.45. The van der Waals surface area contributed by atoms with E-state index >= 15 is 0 Å². The van der Waals surface area contributed by atoms with Crippen molar-refractivity contribution < 1.29 is 37.5 Å². The Morgan fingerprint density at radius 3 is 2.21 bits per heavy atom. The van der Waals surface area contributed by atoms with Crippen molar-refractivity contribution in [3.05, 3.63) is 29.3 Å². The maximum atomic E-state index is 11.5. The molecule has 1 unspecified atom stereocenters. The number of aliphatic hydroxyl groups is 1. The molecule has 104 valence electrons. The Morgan fingerprint density at radius 1 is 1.26 bits per heavy atom. The van der Waals surface area contributed by atoms with Gasteiger partial charge < -0.3 is 14.9 Å². The minimum atomic E-state index is -4.95. The molecule has 1 aromatic carbocycles. The van der Waals surface area contributed by atoms with Crippen molar-refractivity contribution in [3.63, 3.8) is 0 Å². The zero-order valence-electron chi connectivity index (χ0n) is 9.60. The van der Waals surface area contributed by atoms with Crippen LogP contribution in [0.3, 0.4) is 0 Å². The van der Waals surface area contributed by atoms with Gasteiger partial charge in [-0.1, -0.05) is 6.07 Å². The van der Waals surface area contributed by atoms with E-state index in [4.69, 9.17) is 14.8 Å². The smallest absolute Gasteiger partial charge is 0.341 e. The van der Waals surface area contributed by atoms with Crippen molar-refractivity contribution >= 4 is 22.1 Å². The second-order valence-corrected chi connectivity index (χ2v) is 4.83. The molecule has 1 aromatic rings. The number of carbonyl (C=O) groups excluding carboxylic acids is 1. The zero-order chi connectivity index (χ0) is 14.8. The minimum Gasteiger partial charge on any atom is -0.478 e. The molecular weight excluding hydrogens is 280 g/mol. The Morgan fingerprint density at radius 2 is 1.79 bits per heavy atom. The number of ether oxygens (including phenoxy) is 1. The molecule has 0 bridgehead atoms. The van der Waals surface area contributed by atoms with Crippen molar-refractivity contribution in [2.24, 2.45) is 0 Å². The van der Waals surface area contributed by atoms with Gasteiger partial charge in [-0.2, -0.15) is 8.42 Å². The predicted octanol–water partition coefficient (Wildman–Crippen LogP) is 0.127. The van der Waals surface area contributed by atoms with E-state index < -0.39 is 44.4 Å². The molecule has 0 saturated carbocycles. The first kappa shape index (κ1) is 15.1. The number of rotatable bonds is 4. The first-order chi connectivity index (χ1) is 8.64. The summed E-state index contributed by atoms with van der Waals surface area (Å²) in [6, 6.07) is 2.97. The van der Waals surface area contributed by atoms with E-state index in [-0.39, 0.29) is 0 Å². The molecule has 0 amide bonds. The first-order valence-corrected chi connectivity index (χ1v) is 6.31. The Bertz CT molecular complexity index is 616. The number of carboxylic acid groups (broad SMARTS) is 1. The largest absolute Gasteiger partial charge is 0.478 e. The van der Waals surface area contributed by atoms with Crippen LogP contribution in [0.2, 0.25) is 0 Å². The van der Waals surface area contributed by atoms with Gasteiger partial charge in [0.25, 0.3) is 10.1 Å². The third-order valence-corrected chi connectivity index (χ3v) is 2.96. The molecule has 0 aliphatic carbocycles. The average Bonchev–Trinajstić information content (AvgIpc) is 2.25. The van der Waals surface area contributed by atoms with E-state index in [1.54, 1.807) is 0 Å². The van der Waals surface area contributed by atoms with E-state index in [1.807, 2.05) is 0 Å². The van der Waals surface area contributed by atoms with Crippen LogP contribution in [0.1, 0.15) is 27.6 Å². The number of hydrogen-bond donors (Lipinski definition) is 3. The molecule has 0 aromatic heterocycles. The summed E-state index contributed by atoms with van der Waals surface area (Å²) in [4.78, 5) is 21.4. The van der Waals surface area contributed by atoms with Crippen LogP contribution in [-0.2, 0) is 14.9 Å². The van der Waals surface area contributed by atoms with Crippen LogP contribution in [0.15, 0.2) is 23.1 Å². The second-order valence-electron chi connectivity index (χ2n) is 3.47. The normalized spacial score (nSPS) is 12.8. The van der Waals surface area contributed by atoms with Crippen molar-refractivity contribution in [2.75, 3.05) is 0 Å². The third kappa shape index (κ3) is 3.50. The molecule has 0 saturated heterocycles. The van der Waals surface area contributed by atoms with Crippen LogP contribution < -0.4 is 0 Å². The highest BCUT2D eigenvalue weighted by molar-refractivity contribution is 7.86. The molecular formula is C10H10O8S. The highest BCUT2D eigenvalue weighted by atomic mass is 32.2. The number of carbonyl (C=O) groups is 2. The quantitative estimate of drug-likeness (QED) is 0.404. The van der Waals surface area contributed by atoms with Crippen LogP contribution in [0.5, 0.6) is 0 Å². The van der Waals surface area contributed by atoms with Gasteiger partial charge in [0.2, 0.25) is 0 Å². The third-order valence-electron chi connectivity index (χ3n) is 2.00. The van der Waals surface area contributed by atoms with Crippen molar-refractivity contribution in [3.8, 4) is 0 Å². The van der Waals surface area contributed by atoms with Crippen LogP contribution in [0.25, 0.3) is 0 Å². The summed E-state index contributed by atoms with van der Waals surface area (Å²) in [5.74, 6) is -2.91. The Hall–Kier alpha value is -1.97. The van der Waals surface area contributed by atoms with Crippen LogP contribution in [0, 0.1) is 0 Å². The molecule has 9 heteroatoms. The fraction of sp³-hybridized carbons (Fsp3) is 0.200. The van der Waals surface area contributed by atoms with E-state index in [2.05, 4.69) is 4.74 Å². The van der Waals surface area contributed by atoms with E-state index in [0.29, 0.717) is 0 Å². The van der Waals surface area contributed by atoms with Gasteiger partial charge in [0.15, 0.2) is 6.29 Å². The maximum absolute atomic E-state index is 11.5. The summed E-state index contributed by atoms with van der Waals surface area (Å²) in [6.45, 7) is 1.10. The molecule has 3 N–H and O–H groups in total. The number of aliphatic hydroxyl groups excluding tert-OH is 1. The molecule has 0 spiro atoms. The van der Waals surface area contributed by atoms with Crippen LogP contribution in [-0.4, -0.2) is 41.4 Å².